The van der Waals surface area contributed by atoms with Crippen LogP contribution in [0.2, 0.25) is 0 Å². The second-order valence-corrected chi connectivity index (χ2v) is 5.39. The first-order chi connectivity index (χ1) is 11.7. The van der Waals surface area contributed by atoms with Crippen LogP contribution < -0.4 is 10.6 Å². The van der Waals surface area contributed by atoms with Crippen LogP contribution in [0.1, 0.15) is 15.9 Å². The summed E-state index contributed by atoms with van der Waals surface area (Å²) in [7, 11) is 0. The van der Waals surface area contributed by atoms with Crippen molar-refractivity contribution in [3.05, 3.63) is 89.7 Å². The molecular formula is C20H17FN2O. The van der Waals surface area contributed by atoms with Gasteiger partial charge in [0.05, 0.1) is 5.69 Å². The fourth-order valence-electron chi connectivity index (χ4n) is 2.37. The Hall–Kier alpha value is -3.14. The number of carbonyl (C=O) groups is 1. The largest absolute Gasteiger partial charge is 0.381 e. The number of carbonyl (C=O) groups excluding carboxylic acids is 1. The monoisotopic (exact) mass is 320 g/mol. The summed E-state index contributed by atoms with van der Waals surface area (Å²) in [6.45, 7) is 0.692. The highest BCUT2D eigenvalue weighted by Crippen LogP contribution is 2.24. The van der Waals surface area contributed by atoms with E-state index in [-0.39, 0.29) is 5.82 Å². The fraction of sp³-hybridized carbons (Fsp3) is 0.0500. The van der Waals surface area contributed by atoms with Crippen LogP contribution >= 0.6 is 0 Å². The lowest BCUT2D eigenvalue weighted by molar-refractivity contribution is 0.112. The predicted octanol–water partition coefficient (Wildman–Crippen LogP) is 4.99. The molecule has 0 aliphatic heterocycles. The van der Waals surface area contributed by atoms with E-state index < -0.39 is 0 Å². The molecule has 0 amide bonds. The summed E-state index contributed by atoms with van der Waals surface area (Å²) in [4.78, 5) is 11.2. The molecule has 2 N–H and O–H groups in total. The van der Waals surface area contributed by atoms with Gasteiger partial charge in [0.15, 0.2) is 6.29 Å². The topological polar surface area (TPSA) is 41.1 Å². The zero-order valence-corrected chi connectivity index (χ0v) is 13.0. The molecule has 0 spiro atoms. The molecule has 3 aromatic rings. The molecule has 0 saturated carbocycles. The van der Waals surface area contributed by atoms with E-state index >= 15 is 0 Å². The SMILES string of the molecule is O=Cc1ccc(NCc2ccccc2)cc1Nc1ccc(F)cc1. The second kappa shape index (κ2) is 7.42. The number of hydrogen-bond donors (Lipinski definition) is 2. The van der Waals surface area contributed by atoms with Crippen molar-refractivity contribution in [2.75, 3.05) is 10.6 Å². The molecule has 24 heavy (non-hydrogen) atoms. The number of nitrogens with one attached hydrogen (secondary N) is 2. The van der Waals surface area contributed by atoms with Crippen LogP contribution in [-0.4, -0.2) is 6.29 Å². The third kappa shape index (κ3) is 3.98. The van der Waals surface area contributed by atoms with Gasteiger partial charge in [-0.2, -0.15) is 0 Å². The van der Waals surface area contributed by atoms with E-state index in [1.54, 1.807) is 18.2 Å². The van der Waals surface area contributed by atoms with Gasteiger partial charge in [-0.15, -0.1) is 0 Å². The van der Waals surface area contributed by atoms with Gasteiger partial charge >= 0.3 is 0 Å². The minimum absolute atomic E-state index is 0.297. The number of hydrogen-bond acceptors (Lipinski definition) is 3. The van der Waals surface area contributed by atoms with Gasteiger partial charge in [-0.05, 0) is 48.0 Å². The summed E-state index contributed by atoms with van der Waals surface area (Å²) < 4.78 is 13.0. The Bertz CT molecular complexity index is 817. The molecule has 0 aliphatic rings. The Morgan fingerprint density at radius 3 is 2.29 bits per heavy atom. The first-order valence-corrected chi connectivity index (χ1v) is 7.64. The van der Waals surface area contributed by atoms with E-state index in [1.165, 1.54) is 17.7 Å². The normalized spacial score (nSPS) is 10.2. The summed E-state index contributed by atoms with van der Waals surface area (Å²) in [5, 5.41) is 6.48. The van der Waals surface area contributed by atoms with Crippen LogP contribution in [0.5, 0.6) is 0 Å². The molecule has 3 nitrogen and oxygen atoms in total. The molecule has 4 heteroatoms. The molecule has 0 heterocycles. The van der Waals surface area contributed by atoms with E-state index in [2.05, 4.69) is 10.6 Å². The van der Waals surface area contributed by atoms with Gasteiger partial charge < -0.3 is 10.6 Å². The van der Waals surface area contributed by atoms with Crippen LogP contribution in [0.3, 0.4) is 0 Å². The number of benzene rings is 3. The standard InChI is InChI=1S/C20H17FN2O/c21-17-7-10-18(11-8-17)23-20-12-19(9-6-16(20)14-24)22-13-15-4-2-1-3-5-15/h1-12,14,22-23H,13H2. The van der Waals surface area contributed by atoms with Crippen LogP contribution in [0.15, 0.2) is 72.8 Å². The third-order valence-corrected chi connectivity index (χ3v) is 3.64. The zero-order chi connectivity index (χ0) is 16.8. The van der Waals surface area contributed by atoms with E-state index in [4.69, 9.17) is 0 Å². The summed E-state index contributed by atoms with van der Waals surface area (Å²) in [6.07, 6.45) is 0.798. The van der Waals surface area contributed by atoms with E-state index in [0.29, 0.717) is 17.8 Å². The lowest BCUT2D eigenvalue weighted by Crippen LogP contribution is -2.01. The van der Waals surface area contributed by atoms with E-state index in [0.717, 1.165) is 17.7 Å². The molecule has 120 valence electrons. The number of aldehydes is 1. The van der Waals surface area contributed by atoms with E-state index in [1.807, 2.05) is 42.5 Å². The summed E-state index contributed by atoms with van der Waals surface area (Å²) in [5.74, 6) is -0.297. The highest BCUT2D eigenvalue weighted by atomic mass is 19.1. The molecule has 0 unspecified atom stereocenters. The minimum Gasteiger partial charge on any atom is -0.381 e. The van der Waals surface area contributed by atoms with Gasteiger partial charge in [0.2, 0.25) is 0 Å². The molecule has 0 bridgehead atoms. The number of rotatable bonds is 6. The highest BCUT2D eigenvalue weighted by Gasteiger charge is 2.05. The van der Waals surface area contributed by atoms with Crippen LogP contribution in [0.4, 0.5) is 21.5 Å². The molecule has 0 aliphatic carbocycles. The van der Waals surface area contributed by atoms with Crippen molar-refractivity contribution in [2.45, 2.75) is 6.54 Å². The maximum Gasteiger partial charge on any atom is 0.152 e. The van der Waals surface area contributed by atoms with E-state index in [9.17, 15) is 9.18 Å². The Labute approximate surface area is 140 Å². The first-order valence-electron chi connectivity index (χ1n) is 7.64. The first kappa shape index (κ1) is 15.7. The number of anilines is 3. The van der Waals surface area contributed by atoms with Crippen molar-refractivity contribution in [3.63, 3.8) is 0 Å². The maximum absolute atomic E-state index is 13.0. The predicted molar refractivity (Wildman–Crippen MR) is 95.3 cm³/mol. The van der Waals surface area contributed by atoms with Gasteiger partial charge in [0, 0.05) is 23.5 Å². The lowest BCUT2D eigenvalue weighted by Gasteiger charge is -2.12. The lowest BCUT2D eigenvalue weighted by atomic mass is 10.1. The average molecular weight is 320 g/mol. The molecule has 3 rings (SSSR count). The van der Waals surface area contributed by atoms with Gasteiger partial charge in [0.1, 0.15) is 5.82 Å². The summed E-state index contributed by atoms with van der Waals surface area (Å²) in [5.41, 5.74) is 4.01. The minimum atomic E-state index is -0.297. The third-order valence-electron chi connectivity index (χ3n) is 3.64. The maximum atomic E-state index is 13.0. The number of halogens is 1. The second-order valence-electron chi connectivity index (χ2n) is 5.39. The highest BCUT2D eigenvalue weighted by molar-refractivity contribution is 5.87. The Kier molecular flexibility index (Phi) is 4.87. The van der Waals surface area contributed by atoms with Gasteiger partial charge in [-0.25, -0.2) is 4.39 Å². The van der Waals surface area contributed by atoms with Crippen molar-refractivity contribution in [2.24, 2.45) is 0 Å². The zero-order valence-electron chi connectivity index (χ0n) is 13.0. The van der Waals surface area contributed by atoms with Crippen LogP contribution in [0.25, 0.3) is 0 Å². The molecule has 3 aromatic carbocycles. The summed E-state index contributed by atoms with van der Waals surface area (Å²) in [6, 6.07) is 21.6. The van der Waals surface area contributed by atoms with Crippen LogP contribution in [-0.2, 0) is 6.54 Å². The van der Waals surface area contributed by atoms with Crippen LogP contribution in [0, 0.1) is 5.82 Å². The van der Waals surface area contributed by atoms with Gasteiger partial charge in [-0.1, -0.05) is 30.3 Å². The summed E-state index contributed by atoms with van der Waals surface area (Å²) >= 11 is 0. The molecule has 0 fully saturated rings. The Morgan fingerprint density at radius 1 is 0.875 bits per heavy atom. The quantitative estimate of drug-likeness (QED) is 0.628. The van der Waals surface area contributed by atoms with Gasteiger partial charge in [-0.3, -0.25) is 4.79 Å². The molecule has 0 atom stereocenters. The smallest absolute Gasteiger partial charge is 0.152 e. The average Bonchev–Trinajstić information content (AvgIpc) is 2.63. The van der Waals surface area contributed by atoms with Crippen molar-refractivity contribution in [1.29, 1.82) is 0 Å². The fourth-order valence-corrected chi connectivity index (χ4v) is 2.37. The van der Waals surface area contributed by atoms with Gasteiger partial charge in [0.25, 0.3) is 0 Å². The molecule has 0 saturated heterocycles. The van der Waals surface area contributed by atoms with Crippen molar-refractivity contribution >= 4 is 23.3 Å². The molecular weight excluding hydrogens is 303 g/mol. The van der Waals surface area contributed by atoms with Crippen molar-refractivity contribution < 1.29 is 9.18 Å². The molecule has 0 radical (unpaired) electrons. The Balaban J connectivity index is 1.77. The molecule has 0 aromatic heterocycles. The Morgan fingerprint density at radius 2 is 1.58 bits per heavy atom. The van der Waals surface area contributed by atoms with Crippen molar-refractivity contribution in [3.8, 4) is 0 Å². The van der Waals surface area contributed by atoms with Crippen molar-refractivity contribution in [1.82, 2.24) is 0 Å².